The van der Waals surface area contributed by atoms with Gasteiger partial charge in [0.25, 0.3) is 0 Å². The quantitative estimate of drug-likeness (QED) is 0.296. The van der Waals surface area contributed by atoms with Crippen molar-refractivity contribution in [3.8, 4) is 0 Å². The van der Waals surface area contributed by atoms with E-state index in [1.807, 2.05) is 6.92 Å². The highest BCUT2D eigenvalue weighted by Crippen LogP contribution is 2.15. The molecule has 0 amide bonds. The van der Waals surface area contributed by atoms with Crippen molar-refractivity contribution in [3.05, 3.63) is 0 Å². The molecule has 0 heterocycles. The summed E-state index contributed by atoms with van der Waals surface area (Å²) in [6.07, 6.45) is 5.55. The molecule has 0 saturated carbocycles. The van der Waals surface area contributed by atoms with Crippen LogP contribution in [0.15, 0.2) is 0 Å². The van der Waals surface area contributed by atoms with Crippen molar-refractivity contribution in [1.82, 2.24) is 0 Å². The molecule has 0 spiro atoms. The van der Waals surface area contributed by atoms with E-state index in [4.69, 9.17) is 4.74 Å². The molecular weight excluding hydrogens is 291 g/mol. The van der Waals surface area contributed by atoms with Crippen LogP contribution in [0.5, 0.6) is 0 Å². The second-order valence-electron chi connectivity index (χ2n) is 3.40. The van der Waals surface area contributed by atoms with Gasteiger partial charge in [0.1, 0.15) is 0 Å². The number of hydrogen-bond acceptors (Lipinski definition) is 2. The Bertz CT molecular complexity index is 148. The summed E-state index contributed by atoms with van der Waals surface area (Å²) in [5.74, 6) is 0.119. The van der Waals surface area contributed by atoms with Crippen LogP contribution in [0.3, 0.4) is 0 Å². The molecule has 0 fully saturated rings. The summed E-state index contributed by atoms with van der Waals surface area (Å²) in [5, 5.41) is 0. The van der Waals surface area contributed by atoms with E-state index in [2.05, 4.69) is 29.5 Å². The number of carbonyl (C=O) groups is 1. The van der Waals surface area contributed by atoms with Crippen molar-refractivity contribution in [3.63, 3.8) is 0 Å². The maximum Gasteiger partial charge on any atom is 0.308 e. The Morgan fingerprint density at radius 3 is 2.50 bits per heavy atom. The Labute approximate surface area is 101 Å². The predicted molar refractivity (Wildman–Crippen MR) is 67.8 cm³/mol. The highest BCUT2D eigenvalue weighted by Gasteiger charge is 2.16. The zero-order chi connectivity index (χ0) is 10.8. The van der Waals surface area contributed by atoms with Gasteiger partial charge in [0.15, 0.2) is 0 Å². The van der Waals surface area contributed by atoms with Crippen molar-refractivity contribution in [2.24, 2.45) is 5.92 Å². The van der Waals surface area contributed by atoms with E-state index in [0.717, 1.165) is 19.3 Å². The van der Waals surface area contributed by atoms with Gasteiger partial charge in [-0.15, -0.1) is 0 Å². The molecule has 0 radical (unpaired) electrons. The Hall–Kier alpha value is 0.200. The van der Waals surface area contributed by atoms with Crippen LogP contribution in [-0.2, 0) is 9.53 Å². The van der Waals surface area contributed by atoms with Crippen molar-refractivity contribution in [2.45, 2.75) is 46.0 Å². The van der Waals surface area contributed by atoms with Crippen LogP contribution >= 0.6 is 22.6 Å². The molecule has 0 N–H and O–H groups in total. The molecule has 0 aliphatic carbocycles. The Kier molecular flexibility index (Phi) is 9.88. The summed E-state index contributed by atoms with van der Waals surface area (Å²) in [6.45, 7) is 4.42. The van der Waals surface area contributed by atoms with Crippen LogP contribution in [0.25, 0.3) is 0 Å². The molecule has 2 nitrogen and oxygen atoms in total. The molecule has 0 aliphatic heterocycles. The fraction of sp³-hybridized carbons (Fsp3) is 0.909. The first-order valence-electron chi connectivity index (χ1n) is 5.48. The standard InChI is InChI=1S/C11H21IO2/c1-3-10(11(13)14-4-2)8-6-5-7-9-12/h10H,3-9H2,1-2H3. The normalized spacial score (nSPS) is 12.5. The van der Waals surface area contributed by atoms with Gasteiger partial charge < -0.3 is 4.74 Å². The van der Waals surface area contributed by atoms with Gasteiger partial charge in [-0.25, -0.2) is 0 Å². The van der Waals surface area contributed by atoms with Crippen LogP contribution in [0.2, 0.25) is 0 Å². The maximum absolute atomic E-state index is 11.4. The van der Waals surface area contributed by atoms with E-state index < -0.39 is 0 Å². The highest BCUT2D eigenvalue weighted by molar-refractivity contribution is 14.1. The topological polar surface area (TPSA) is 26.3 Å². The van der Waals surface area contributed by atoms with Crippen molar-refractivity contribution >= 4 is 28.6 Å². The molecule has 1 atom stereocenters. The Morgan fingerprint density at radius 1 is 1.29 bits per heavy atom. The second kappa shape index (κ2) is 9.74. The van der Waals surface area contributed by atoms with Crippen LogP contribution in [0.4, 0.5) is 0 Å². The minimum absolute atomic E-state index is 0.00975. The molecule has 0 aromatic heterocycles. The number of carbonyl (C=O) groups excluding carboxylic acids is 1. The number of rotatable bonds is 8. The average Bonchev–Trinajstić information content (AvgIpc) is 2.18. The van der Waals surface area contributed by atoms with E-state index in [-0.39, 0.29) is 11.9 Å². The van der Waals surface area contributed by atoms with Gasteiger partial charge >= 0.3 is 5.97 Å². The SMILES string of the molecule is CCOC(=O)C(CC)CCCCCI. The lowest BCUT2D eigenvalue weighted by molar-refractivity contribution is -0.148. The highest BCUT2D eigenvalue weighted by atomic mass is 127. The van der Waals surface area contributed by atoms with Gasteiger partial charge in [0, 0.05) is 0 Å². The third-order valence-electron chi connectivity index (χ3n) is 2.30. The molecule has 1 unspecified atom stereocenters. The van der Waals surface area contributed by atoms with Crippen LogP contribution in [0.1, 0.15) is 46.0 Å². The van der Waals surface area contributed by atoms with Gasteiger partial charge in [-0.05, 0) is 30.6 Å². The van der Waals surface area contributed by atoms with Gasteiger partial charge in [-0.3, -0.25) is 4.79 Å². The molecule has 84 valence electrons. The van der Waals surface area contributed by atoms with E-state index in [1.54, 1.807) is 0 Å². The summed E-state index contributed by atoms with van der Waals surface area (Å²) in [4.78, 5) is 11.4. The number of halogens is 1. The summed E-state index contributed by atoms with van der Waals surface area (Å²) in [5.41, 5.74) is 0. The minimum Gasteiger partial charge on any atom is -0.466 e. The summed E-state index contributed by atoms with van der Waals surface area (Å²) >= 11 is 2.39. The van der Waals surface area contributed by atoms with Gasteiger partial charge in [0.05, 0.1) is 12.5 Å². The Morgan fingerprint density at radius 2 is 2.00 bits per heavy atom. The van der Waals surface area contributed by atoms with Crippen molar-refractivity contribution < 1.29 is 9.53 Å². The van der Waals surface area contributed by atoms with Gasteiger partial charge in [-0.2, -0.15) is 0 Å². The first-order valence-corrected chi connectivity index (χ1v) is 7.01. The number of alkyl halides is 1. The molecular formula is C11H21IO2. The first kappa shape index (κ1) is 14.2. The molecule has 0 aromatic rings. The minimum atomic E-state index is -0.00975. The summed E-state index contributed by atoms with van der Waals surface area (Å²) in [6, 6.07) is 0. The maximum atomic E-state index is 11.4. The fourth-order valence-electron chi connectivity index (χ4n) is 1.41. The van der Waals surface area contributed by atoms with E-state index in [1.165, 1.54) is 17.3 Å². The molecule has 3 heteroatoms. The lowest BCUT2D eigenvalue weighted by Crippen LogP contribution is -2.16. The van der Waals surface area contributed by atoms with Crippen molar-refractivity contribution in [1.29, 1.82) is 0 Å². The fourth-order valence-corrected chi connectivity index (χ4v) is 1.95. The second-order valence-corrected chi connectivity index (χ2v) is 4.47. The number of esters is 1. The van der Waals surface area contributed by atoms with Crippen LogP contribution in [0, 0.1) is 5.92 Å². The molecule has 0 bridgehead atoms. The molecule has 0 rings (SSSR count). The predicted octanol–water partition coefficient (Wildman–Crippen LogP) is 3.57. The van der Waals surface area contributed by atoms with E-state index in [9.17, 15) is 4.79 Å². The average molecular weight is 312 g/mol. The van der Waals surface area contributed by atoms with Crippen molar-refractivity contribution in [2.75, 3.05) is 11.0 Å². The van der Waals surface area contributed by atoms with E-state index >= 15 is 0 Å². The van der Waals surface area contributed by atoms with E-state index in [0.29, 0.717) is 6.61 Å². The largest absolute Gasteiger partial charge is 0.466 e. The smallest absolute Gasteiger partial charge is 0.308 e. The lowest BCUT2D eigenvalue weighted by Gasteiger charge is -2.12. The lowest BCUT2D eigenvalue weighted by atomic mass is 9.99. The van der Waals surface area contributed by atoms with Gasteiger partial charge in [-0.1, -0.05) is 42.4 Å². The zero-order valence-corrected chi connectivity index (χ0v) is 11.4. The molecule has 0 aromatic carbocycles. The zero-order valence-electron chi connectivity index (χ0n) is 9.22. The third-order valence-corrected chi connectivity index (χ3v) is 3.06. The summed E-state index contributed by atoms with van der Waals surface area (Å²) < 4.78 is 6.23. The first-order chi connectivity index (χ1) is 6.76. The number of hydrogen-bond donors (Lipinski definition) is 0. The third kappa shape index (κ3) is 6.62. The molecule has 0 aliphatic rings. The number of unbranched alkanes of at least 4 members (excludes halogenated alkanes) is 2. The van der Waals surface area contributed by atoms with Crippen LogP contribution < -0.4 is 0 Å². The van der Waals surface area contributed by atoms with Crippen LogP contribution in [-0.4, -0.2) is 17.0 Å². The molecule has 0 saturated heterocycles. The number of ether oxygens (including phenoxy) is 1. The molecule has 14 heavy (non-hydrogen) atoms. The van der Waals surface area contributed by atoms with Gasteiger partial charge in [0.2, 0.25) is 0 Å². The summed E-state index contributed by atoms with van der Waals surface area (Å²) in [7, 11) is 0. The monoisotopic (exact) mass is 312 g/mol. The Balaban J connectivity index is 3.62.